The smallest absolute Gasteiger partial charge is 0.142 e. The van der Waals surface area contributed by atoms with Gasteiger partial charge in [0.1, 0.15) is 5.78 Å². The summed E-state index contributed by atoms with van der Waals surface area (Å²) in [5.74, 6) is 0.637. The molecule has 0 saturated carbocycles. The molecule has 2 saturated heterocycles. The summed E-state index contributed by atoms with van der Waals surface area (Å²) in [7, 11) is 0. The van der Waals surface area contributed by atoms with Gasteiger partial charge in [0.25, 0.3) is 0 Å². The Balaban J connectivity index is 1.63. The lowest BCUT2D eigenvalue weighted by Crippen LogP contribution is -2.40. The van der Waals surface area contributed by atoms with E-state index in [0.717, 1.165) is 18.5 Å². The van der Waals surface area contributed by atoms with Crippen LogP contribution in [0.4, 0.5) is 0 Å². The number of aromatic nitrogens is 1. The number of hydrogen-bond acceptors (Lipinski definition) is 3. The van der Waals surface area contributed by atoms with Crippen LogP contribution in [0.2, 0.25) is 0 Å². The van der Waals surface area contributed by atoms with Crippen LogP contribution in [0.1, 0.15) is 31.4 Å². The molecular formula is C14H18N2O. The molecular weight excluding hydrogens is 212 g/mol. The van der Waals surface area contributed by atoms with Crippen LogP contribution in [0.25, 0.3) is 0 Å². The summed E-state index contributed by atoms with van der Waals surface area (Å²) in [6.07, 6.45) is 6.82. The molecule has 2 aliphatic heterocycles. The number of nitrogens with zero attached hydrogens (tertiary/aromatic N) is 1. The van der Waals surface area contributed by atoms with Gasteiger partial charge in [-0.15, -0.1) is 0 Å². The van der Waals surface area contributed by atoms with Crippen LogP contribution in [-0.4, -0.2) is 22.9 Å². The Hall–Kier alpha value is -1.22. The molecule has 90 valence electrons. The lowest BCUT2D eigenvalue weighted by molar-refractivity contribution is -0.123. The molecule has 2 bridgehead atoms. The van der Waals surface area contributed by atoms with E-state index in [4.69, 9.17) is 0 Å². The third-order valence-corrected chi connectivity index (χ3v) is 4.01. The lowest BCUT2D eigenvalue weighted by atomic mass is 9.87. The van der Waals surface area contributed by atoms with Crippen LogP contribution in [0.15, 0.2) is 24.4 Å². The van der Waals surface area contributed by atoms with Crippen LogP contribution >= 0.6 is 0 Å². The molecule has 3 rings (SSSR count). The fourth-order valence-corrected chi connectivity index (χ4v) is 3.15. The van der Waals surface area contributed by atoms with Crippen molar-refractivity contribution < 1.29 is 4.79 Å². The lowest BCUT2D eigenvalue weighted by Gasteiger charge is -2.28. The number of pyridine rings is 1. The zero-order valence-electron chi connectivity index (χ0n) is 9.93. The molecule has 0 spiro atoms. The highest BCUT2D eigenvalue weighted by atomic mass is 16.1. The summed E-state index contributed by atoms with van der Waals surface area (Å²) in [6, 6.07) is 6.95. The molecule has 3 heterocycles. The first-order valence-electron chi connectivity index (χ1n) is 6.50. The van der Waals surface area contributed by atoms with E-state index < -0.39 is 0 Å². The Morgan fingerprint density at radius 3 is 2.71 bits per heavy atom. The van der Waals surface area contributed by atoms with Crippen molar-refractivity contribution in [3.8, 4) is 0 Å². The van der Waals surface area contributed by atoms with E-state index in [1.807, 2.05) is 18.2 Å². The quantitative estimate of drug-likeness (QED) is 0.859. The standard InChI is InChI=1S/C14H18N2O/c17-14(9-11-3-1-2-6-15-11)10-7-12-4-5-13(8-10)16-12/h1-3,6,10,12-13,16H,4-5,7-9H2. The fraction of sp³-hybridized carbons (Fsp3) is 0.571. The van der Waals surface area contributed by atoms with Gasteiger partial charge in [-0.2, -0.15) is 0 Å². The summed E-state index contributed by atoms with van der Waals surface area (Å²) >= 11 is 0. The zero-order valence-corrected chi connectivity index (χ0v) is 9.93. The Bertz CT molecular complexity index is 392. The van der Waals surface area contributed by atoms with Crippen LogP contribution in [-0.2, 0) is 11.2 Å². The number of carbonyl (C=O) groups excluding carboxylic acids is 1. The molecule has 2 fully saturated rings. The van der Waals surface area contributed by atoms with Crippen molar-refractivity contribution in [1.82, 2.24) is 10.3 Å². The van der Waals surface area contributed by atoms with Crippen LogP contribution in [0.5, 0.6) is 0 Å². The molecule has 2 aliphatic rings. The largest absolute Gasteiger partial charge is 0.311 e. The highest BCUT2D eigenvalue weighted by molar-refractivity contribution is 5.83. The second kappa shape index (κ2) is 4.57. The summed E-state index contributed by atoms with van der Waals surface area (Å²) in [5.41, 5.74) is 0.906. The number of nitrogens with one attached hydrogen (secondary N) is 1. The van der Waals surface area contributed by atoms with Crippen LogP contribution in [0, 0.1) is 5.92 Å². The molecule has 17 heavy (non-hydrogen) atoms. The van der Waals surface area contributed by atoms with Gasteiger partial charge in [-0.25, -0.2) is 0 Å². The SMILES string of the molecule is O=C(Cc1ccccn1)C1CC2CCC(C1)N2. The molecule has 2 unspecified atom stereocenters. The second-order valence-corrected chi connectivity index (χ2v) is 5.27. The van der Waals surface area contributed by atoms with Gasteiger partial charge >= 0.3 is 0 Å². The van der Waals surface area contributed by atoms with Gasteiger partial charge in [-0.05, 0) is 37.8 Å². The average molecular weight is 230 g/mol. The average Bonchev–Trinajstić information content (AvgIpc) is 2.69. The summed E-state index contributed by atoms with van der Waals surface area (Å²) < 4.78 is 0. The molecule has 3 heteroatoms. The van der Waals surface area contributed by atoms with E-state index in [1.54, 1.807) is 6.20 Å². The Morgan fingerprint density at radius 1 is 1.29 bits per heavy atom. The maximum atomic E-state index is 12.2. The number of fused-ring (bicyclic) bond motifs is 2. The van der Waals surface area contributed by atoms with Crippen LogP contribution < -0.4 is 5.32 Å². The van der Waals surface area contributed by atoms with Crippen molar-refractivity contribution >= 4 is 5.78 Å². The first-order valence-corrected chi connectivity index (χ1v) is 6.50. The molecule has 1 N–H and O–H groups in total. The van der Waals surface area contributed by atoms with E-state index in [0.29, 0.717) is 24.3 Å². The van der Waals surface area contributed by atoms with Crippen molar-refractivity contribution in [3.63, 3.8) is 0 Å². The van der Waals surface area contributed by atoms with Gasteiger partial charge in [0.05, 0.1) is 0 Å². The summed E-state index contributed by atoms with van der Waals surface area (Å²) in [6.45, 7) is 0. The predicted molar refractivity (Wildman–Crippen MR) is 65.6 cm³/mol. The van der Waals surface area contributed by atoms with Gasteiger partial charge in [0.2, 0.25) is 0 Å². The Kier molecular flexibility index (Phi) is 2.93. The number of piperidine rings is 1. The number of ketones is 1. The number of hydrogen-bond donors (Lipinski definition) is 1. The molecule has 0 amide bonds. The van der Waals surface area contributed by atoms with Crippen molar-refractivity contribution in [2.75, 3.05) is 0 Å². The van der Waals surface area contributed by atoms with E-state index in [1.165, 1.54) is 12.8 Å². The van der Waals surface area contributed by atoms with Crippen molar-refractivity contribution in [1.29, 1.82) is 0 Å². The highest BCUT2D eigenvalue weighted by Crippen LogP contribution is 2.31. The molecule has 2 atom stereocenters. The molecule has 3 nitrogen and oxygen atoms in total. The molecule has 1 aromatic rings. The van der Waals surface area contributed by atoms with Crippen molar-refractivity contribution in [2.24, 2.45) is 5.92 Å². The van der Waals surface area contributed by atoms with Gasteiger partial charge < -0.3 is 5.32 Å². The first-order chi connectivity index (χ1) is 8.31. The number of Topliss-reactive ketones (excluding diaryl/α,β-unsaturated/α-hetero) is 1. The highest BCUT2D eigenvalue weighted by Gasteiger charge is 2.36. The van der Waals surface area contributed by atoms with E-state index >= 15 is 0 Å². The summed E-state index contributed by atoms with van der Waals surface area (Å²) in [5, 5.41) is 3.57. The molecule has 0 aliphatic carbocycles. The monoisotopic (exact) mass is 230 g/mol. The van der Waals surface area contributed by atoms with Gasteiger partial charge in [0, 0.05) is 36.3 Å². The zero-order chi connectivity index (χ0) is 11.7. The van der Waals surface area contributed by atoms with Gasteiger partial charge in [-0.1, -0.05) is 6.07 Å². The molecule has 0 radical (unpaired) electrons. The van der Waals surface area contributed by atoms with Gasteiger partial charge in [-0.3, -0.25) is 9.78 Å². The van der Waals surface area contributed by atoms with E-state index in [2.05, 4.69) is 10.3 Å². The maximum absolute atomic E-state index is 12.2. The third kappa shape index (κ3) is 2.39. The maximum Gasteiger partial charge on any atom is 0.142 e. The third-order valence-electron chi connectivity index (χ3n) is 4.01. The normalized spacial score (nSPS) is 31.4. The van der Waals surface area contributed by atoms with Crippen molar-refractivity contribution in [2.45, 2.75) is 44.2 Å². The molecule has 1 aromatic heterocycles. The Labute approximate surface area is 102 Å². The van der Waals surface area contributed by atoms with Crippen LogP contribution in [0.3, 0.4) is 0 Å². The second-order valence-electron chi connectivity index (χ2n) is 5.27. The van der Waals surface area contributed by atoms with Crippen molar-refractivity contribution in [3.05, 3.63) is 30.1 Å². The minimum absolute atomic E-state index is 0.260. The minimum Gasteiger partial charge on any atom is -0.311 e. The minimum atomic E-state index is 0.260. The number of rotatable bonds is 3. The topological polar surface area (TPSA) is 42.0 Å². The predicted octanol–water partition coefficient (Wildman–Crippen LogP) is 1.72. The fourth-order valence-electron chi connectivity index (χ4n) is 3.15. The number of carbonyl (C=O) groups is 1. The van der Waals surface area contributed by atoms with E-state index in [-0.39, 0.29) is 5.92 Å². The van der Waals surface area contributed by atoms with E-state index in [9.17, 15) is 4.79 Å². The molecule has 0 aromatic carbocycles. The first kappa shape index (κ1) is 10.9. The summed E-state index contributed by atoms with van der Waals surface area (Å²) in [4.78, 5) is 16.4. The van der Waals surface area contributed by atoms with Gasteiger partial charge in [0.15, 0.2) is 0 Å². The Morgan fingerprint density at radius 2 is 2.06 bits per heavy atom.